The zero-order valence-corrected chi connectivity index (χ0v) is 13.2. The lowest BCUT2D eigenvalue weighted by atomic mass is 10.00. The third kappa shape index (κ3) is 2.79. The van der Waals surface area contributed by atoms with Crippen LogP contribution in [0.1, 0.15) is 26.1 Å². The molecule has 0 saturated carbocycles. The number of rotatable bonds is 4. The first-order chi connectivity index (χ1) is 10.9. The van der Waals surface area contributed by atoms with E-state index >= 15 is 0 Å². The van der Waals surface area contributed by atoms with Crippen molar-refractivity contribution < 1.29 is 14.4 Å². The van der Waals surface area contributed by atoms with E-state index in [0.717, 1.165) is 17.4 Å². The Hall–Kier alpha value is -2.42. The van der Waals surface area contributed by atoms with Crippen molar-refractivity contribution >= 4 is 17.8 Å². The Kier molecular flexibility index (Phi) is 3.80. The summed E-state index contributed by atoms with van der Waals surface area (Å²) in [6.45, 7) is 5.59. The summed E-state index contributed by atoms with van der Waals surface area (Å²) in [5.41, 5.74) is 1.44. The summed E-state index contributed by atoms with van der Waals surface area (Å²) in [6, 6.07) is -0.595. The van der Waals surface area contributed by atoms with Crippen molar-refractivity contribution in [2.75, 3.05) is 13.1 Å². The number of nitrogens with one attached hydrogen (secondary N) is 2. The van der Waals surface area contributed by atoms with Gasteiger partial charge in [-0.25, -0.2) is 9.78 Å². The first-order valence-corrected chi connectivity index (χ1v) is 7.61. The Balaban J connectivity index is 1.58. The maximum absolute atomic E-state index is 12.2. The molecule has 2 aliphatic heterocycles. The molecule has 3 rings (SSSR count). The van der Waals surface area contributed by atoms with Crippen LogP contribution in [-0.4, -0.2) is 55.9 Å². The van der Waals surface area contributed by atoms with E-state index in [1.54, 1.807) is 20.0 Å². The van der Waals surface area contributed by atoms with Gasteiger partial charge in [0.05, 0.1) is 13.1 Å². The van der Waals surface area contributed by atoms with Crippen LogP contribution in [0.5, 0.6) is 0 Å². The van der Waals surface area contributed by atoms with Gasteiger partial charge in [0.2, 0.25) is 0 Å². The van der Waals surface area contributed by atoms with Gasteiger partial charge in [-0.15, -0.1) is 0 Å². The van der Waals surface area contributed by atoms with Crippen LogP contribution in [0, 0.1) is 0 Å². The van der Waals surface area contributed by atoms with Crippen LogP contribution in [-0.2, 0) is 22.7 Å². The zero-order chi connectivity index (χ0) is 16.6. The Labute approximate surface area is 133 Å². The molecule has 4 amide bonds. The van der Waals surface area contributed by atoms with Gasteiger partial charge >= 0.3 is 6.03 Å². The van der Waals surface area contributed by atoms with Gasteiger partial charge in [0.25, 0.3) is 11.8 Å². The van der Waals surface area contributed by atoms with Gasteiger partial charge in [0.1, 0.15) is 11.4 Å². The molecule has 0 aromatic carbocycles. The largest absolute Gasteiger partial charge is 0.344 e. The summed E-state index contributed by atoms with van der Waals surface area (Å²) in [4.78, 5) is 42.4. The van der Waals surface area contributed by atoms with Crippen molar-refractivity contribution in [2.24, 2.45) is 0 Å². The first-order valence-electron chi connectivity index (χ1n) is 7.61. The van der Waals surface area contributed by atoms with Crippen LogP contribution in [0.25, 0.3) is 0 Å². The molecule has 1 aromatic rings. The predicted octanol–water partition coefficient (Wildman–Crippen LogP) is -0.550. The standard InChI is InChI=1S/C14H20N6O3/c1-3-14(2)12(22)20(13(23)16-14)17-11(21)9-18-6-7-19-5-4-15-10(19)8-18/h4-5H,3,6-9H2,1-2H3,(H,16,23)(H,17,21)/t14-/m1/s1. The minimum Gasteiger partial charge on any atom is -0.333 e. The summed E-state index contributed by atoms with van der Waals surface area (Å²) in [6.07, 6.45) is 4.10. The van der Waals surface area contributed by atoms with Crippen molar-refractivity contribution in [1.29, 1.82) is 0 Å². The van der Waals surface area contributed by atoms with Gasteiger partial charge in [-0.2, -0.15) is 5.01 Å². The van der Waals surface area contributed by atoms with Gasteiger partial charge in [-0.05, 0) is 13.3 Å². The lowest BCUT2D eigenvalue weighted by molar-refractivity contribution is -0.139. The number of hydrazine groups is 1. The van der Waals surface area contributed by atoms with Crippen LogP contribution in [0.2, 0.25) is 0 Å². The highest BCUT2D eigenvalue weighted by Gasteiger charge is 2.47. The number of fused-ring (bicyclic) bond motifs is 1. The average Bonchev–Trinajstić information content (AvgIpc) is 3.06. The van der Waals surface area contributed by atoms with Crippen LogP contribution in [0.4, 0.5) is 4.79 Å². The number of hydrogen-bond acceptors (Lipinski definition) is 5. The summed E-state index contributed by atoms with van der Waals surface area (Å²) in [5.74, 6) is 0.0685. The number of imidazole rings is 1. The van der Waals surface area contributed by atoms with Gasteiger partial charge in [-0.1, -0.05) is 6.92 Å². The molecule has 3 heterocycles. The number of imide groups is 1. The maximum Gasteiger partial charge on any atom is 0.344 e. The molecular weight excluding hydrogens is 300 g/mol. The number of urea groups is 1. The van der Waals surface area contributed by atoms with Gasteiger partial charge in [0, 0.05) is 25.5 Å². The topological polar surface area (TPSA) is 99.6 Å². The van der Waals surface area contributed by atoms with E-state index in [2.05, 4.69) is 15.7 Å². The Morgan fingerprint density at radius 1 is 1.43 bits per heavy atom. The predicted molar refractivity (Wildman–Crippen MR) is 79.7 cm³/mol. The second kappa shape index (κ2) is 5.65. The maximum atomic E-state index is 12.2. The van der Waals surface area contributed by atoms with E-state index < -0.39 is 23.4 Å². The summed E-state index contributed by atoms with van der Waals surface area (Å²) >= 11 is 0. The molecule has 0 spiro atoms. The Morgan fingerprint density at radius 3 is 2.91 bits per heavy atom. The highest BCUT2D eigenvalue weighted by molar-refractivity contribution is 6.07. The normalized spacial score (nSPS) is 24.5. The molecule has 0 unspecified atom stereocenters. The number of carbonyl (C=O) groups is 3. The molecular formula is C14H20N6O3. The Morgan fingerprint density at radius 2 is 2.22 bits per heavy atom. The van der Waals surface area contributed by atoms with E-state index in [-0.39, 0.29) is 6.54 Å². The van der Waals surface area contributed by atoms with E-state index in [4.69, 9.17) is 0 Å². The lowest BCUT2D eigenvalue weighted by Gasteiger charge is -2.27. The second-order valence-corrected chi connectivity index (χ2v) is 6.04. The minimum absolute atomic E-state index is 0.104. The van der Waals surface area contributed by atoms with E-state index in [0.29, 0.717) is 19.5 Å². The molecule has 23 heavy (non-hydrogen) atoms. The average molecular weight is 320 g/mol. The second-order valence-electron chi connectivity index (χ2n) is 6.04. The third-order valence-corrected chi connectivity index (χ3v) is 4.40. The number of carbonyl (C=O) groups excluding carboxylic acids is 3. The van der Waals surface area contributed by atoms with Crippen LogP contribution in [0.3, 0.4) is 0 Å². The van der Waals surface area contributed by atoms with E-state index in [1.165, 1.54) is 0 Å². The monoisotopic (exact) mass is 320 g/mol. The summed E-state index contributed by atoms with van der Waals surface area (Å²) < 4.78 is 2.04. The molecule has 2 aliphatic rings. The SMILES string of the molecule is CC[C@@]1(C)NC(=O)N(NC(=O)CN2CCn3ccnc3C2)C1=O. The summed E-state index contributed by atoms with van der Waals surface area (Å²) in [5, 5.41) is 3.37. The van der Waals surface area contributed by atoms with Crippen molar-refractivity contribution in [3.05, 3.63) is 18.2 Å². The quantitative estimate of drug-likeness (QED) is 0.725. The number of nitrogens with zero attached hydrogens (tertiary/aromatic N) is 4. The summed E-state index contributed by atoms with van der Waals surface area (Å²) in [7, 11) is 0. The molecule has 1 saturated heterocycles. The fourth-order valence-corrected chi connectivity index (χ4v) is 2.75. The fourth-order valence-electron chi connectivity index (χ4n) is 2.75. The van der Waals surface area contributed by atoms with Gasteiger partial charge in [0.15, 0.2) is 0 Å². The highest BCUT2D eigenvalue weighted by Crippen LogP contribution is 2.19. The van der Waals surface area contributed by atoms with Crippen LogP contribution in [0.15, 0.2) is 12.4 Å². The number of hydrogen-bond donors (Lipinski definition) is 2. The van der Waals surface area contributed by atoms with Crippen molar-refractivity contribution in [2.45, 2.75) is 38.9 Å². The van der Waals surface area contributed by atoms with E-state index in [1.807, 2.05) is 15.7 Å². The minimum atomic E-state index is -0.958. The molecule has 0 aliphatic carbocycles. The lowest BCUT2D eigenvalue weighted by Crippen LogP contribution is -2.51. The third-order valence-electron chi connectivity index (χ3n) is 4.40. The van der Waals surface area contributed by atoms with Gasteiger partial charge in [-0.3, -0.25) is 19.9 Å². The van der Waals surface area contributed by atoms with Crippen molar-refractivity contribution in [3.63, 3.8) is 0 Å². The van der Waals surface area contributed by atoms with Crippen LogP contribution >= 0.6 is 0 Å². The van der Waals surface area contributed by atoms with Gasteiger partial charge < -0.3 is 9.88 Å². The molecule has 2 N–H and O–H groups in total. The van der Waals surface area contributed by atoms with E-state index in [9.17, 15) is 14.4 Å². The van der Waals surface area contributed by atoms with Crippen molar-refractivity contribution in [1.82, 2.24) is 30.2 Å². The molecule has 1 atom stereocenters. The smallest absolute Gasteiger partial charge is 0.333 e. The fraction of sp³-hybridized carbons (Fsp3) is 0.571. The molecule has 9 nitrogen and oxygen atoms in total. The Bertz CT molecular complexity index is 657. The van der Waals surface area contributed by atoms with Crippen LogP contribution < -0.4 is 10.7 Å². The molecule has 1 fully saturated rings. The molecule has 1 aromatic heterocycles. The van der Waals surface area contributed by atoms with Crippen molar-refractivity contribution in [3.8, 4) is 0 Å². The molecule has 9 heteroatoms. The molecule has 0 bridgehead atoms. The first kappa shape index (κ1) is 15.5. The number of aromatic nitrogens is 2. The highest BCUT2D eigenvalue weighted by atomic mass is 16.2. The zero-order valence-electron chi connectivity index (χ0n) is 13.2. The molecule has 0 radical (unpaired) electrons. The number of amides is 4. The molecule has 124 valence electrons.